The van der Waals surface area contributed by atoms with Gasteiger partial charge in [-0.15, -0.1) is 13.2 Å². The minimum atomic E-state index is -4.88. The van der Waals surface area contributed by atoms with E-state index in [9.17, 15) is 18.3 Å². The Morgan fingerprint density at radius 3 is 2.45 bits per heavy atom. The van der Waals surface area contributed by atoms with Crippen LogP contribution in [0.4, 0.5) is 19.0 Å². The molecule has 180 valence electrons. The summed E-state index contributed by atoms with van der Waals surface area (Å²) in [7, 11) is 0. The molecule has 3 aliphatic carbocycles. The number of pyridine rings is 1. The first kappa shape index (κ1) is 22.4. The lowest BCUT2D eigenvalue weighted by Gasteiger charge is -2.74. The molecular weight excluding hydrogens is 439 g/mol. The highest BCUT2D eigenvalue weighted by atomic mass is 19.4. The third-order valence-electron chi connectivity index (χ3n) is 7.20. The second-order valence-electron chi connectivity index (χ2n) is 9.78. The summed E-state index contributed by atoms with van der Waals surface area (Å²) in [5, 5.41) is 10.9. The summed E-state index contributed by atoms with van der Waals surface area (Å²) in [5.74, 6) is -0.485. The number of aliphatic hydroxyl groups is 1. The van der Waals surface area contributed by atoms with Gasteiger partial charge in [-0.25, -0.2) is 9.97 Å². The molecule has 3 saturated carbocycles. The van der Waals surface area contributed by atoms with Gasteiger partial charge in [0.25, 0.3) is 0 Å². The zero-order valence-corrected chi connectivity index (χ0v) is 18.6. The van der Waals surface area contributed by atoms with E-state index in [0.717, 1.165) is 45.6 Å². The molecule has 8 nitrogen and oxygen atoms in total. The molecule has 2 aromatic heterocycles. The number of anilines is 1. The van der Waals surface area contributed by atoms with Gasteiger partial charge in [0, 0.05) is 36.6 Å². The molecular formula is C22H28F3N5O3. The van der Waals surface area contributed by atoms with Crippen molar-refractivity contribution in [2.45, 2.75) is 56.7 Å². The molecule has 0 amide bonds. The Labute approximate surface area is 189 Å². The fourth-order valence-electron chi connectivity index (χ4n) is 5.53. The van der Waals surface area contributed by atoms with Crippen LogP contribution in [0.5, 0.6) is 5.75 Å². The van der Waals surface area contributed by atoms with Gasteiger partial charge in [0.1, 0.15) is 11.9 Å². The number of alkyl halides is 3. The van der Waals surface area contributed by atoms with Gasteiger partial charge in [0.2, 0.25) is 0 Å². The van der Waals surface area contributed by atoms with Crippen LogP contribution in [0, 0.1) is 5.92 Å². The molecule has 0 radical (unpaired) electrons. The highest BCUT2D eigenvalue weighted by Crippen LogP contribution is 2.68. The van der Waals surface area contributed by atoms with Crippen molar-refractivity contribution in [2.24, 2.45) is 5.92 Å². The summed E-state index contributed by atoms with van der Waals surface area (Å²) in [6.45, 7) is 7.14. The number of hydrogen-bond donors (Lipinski definition) is 2. The quantitative estimate of drug-likeness (QED) is 0.674. The number of nitrogens with zero attached hydrogens (tertiary/aromatic N) is 4. The van der Waals surface area contributed by atoms with Gasteiger partial charge in [-0.2, -0.15) is 0 Å². The molecule has 4 fully saturated rings. The number of hydrogen-bond acceptors (Lipinski definition) is 7. The molecule has 1 aliphatic heterocycles. The van der Waals surface area contributed by atoms with E-state index in [1.807, 2.05) is 24.6 Å². The van der Waals surface area contributed by atoms with Crippen molar-refractivity contribution in [3.8, 4) is 17.0 Å². The van der Waals surface area contributed by atoms with Gasteiger partial charge in [-0.1, -0.05) is 13.8 Å². The predicted octanol–water partition coefficient (Wildman–Crippen LogP) is 3.08. The Bertz CT molecular complexity index is 1030. The lowest BCUT2D eigenvalue weighted by atomic mass is 9.43. The maximum atomic E-state index is 12.8. The summed E-state index contributed by atoms with van der Waals surface area (Å²) in [6.07, 6.45) is 0.357. The molecule has 6 rings (SSSR count). The molecule has 0 aromatic carbocycles. The number of rotatable bonds is 6. The van der Waals surface area contributed by atoms with Gasteiger partial charge < -0.3 is 24.9 Å². The summed E-state index contributed by atoms with van der Waals surface area (Å²) in [4.78, 5) is 11.0. The van der Waals surface area contributed by atoms with Crippen molar-refractivity contribution >= 4 is 5.82 Å². The first-order valence-corrected chi connectivity index (χ1v) is 11.1. The summed E-state index contributed by atoms with van der Waals surface area (Å²) in [6, 6.07) is 1.19. The van der Waals surface area contributed by atoms with Crippen LogP contribution in [-0.4, -0.2) is 62.7 Å². The number of nitrogen functional groups attached to an aromatic ring is 1. The third-order valence-corrected chi connectivity index (χ3v) is 7.20. The van der Waals surface area contributed by atoms with Gasteiger partial charge in [0.15, 0.2) is 11.6 Å². The van der Waals surface area contributed by atoms with E-state index < -0.39 is 18.2 Å². The second-order valence-corrected chi connectivity index (χ2v) is 9.78. The zero-order chi connectivity index (χ0) is 23.6. The van der Waals surface area contributed by atoms with Gasteiger partial charge in [-0.05, 0) is 31.2 Å². The molecule has 1 atom stereocenters. The summed E-state index contributed by atoms with van der Waals surface area (Å²) in [5.41, 5.74) is 6.37. The Morgan fingerprint density at radius 2 is 1.85 bits per heavy atom. The van der Waals surface area contributed by atoms with E-state index in [1.54, 1.807) is 0 Å². The number of halogens is 3. The first-order valence-electron chi connectivity index (χ1n) is 11.1. The highest BCUT2D eigenvalue weighted by Gasteiger charge is 2.71. The van der Waals surface area contributed by atoms with Crippen molar-refractivity contribution in [1.82, 2.24) is 19.4 Å². The standard InChI is InChI=1S/C22H28F3N5O3/c1-13(2)17(31)19-28-15(14-7-16(18(26)27-8-14)33-22(23,24)25)9-30(19)21-10-20(11-21,12-21)29-3-5-32-6-4-29/h7-9,13,17,31H,3-6,10-12H2,1-2H3,(H2,26,27)/t17-,20?,21?/m0/s1. The Kier molecular flexibility index (Phi) is 5.15. The average Bonchev–Trinajstić information content (AvgIpc) is 3.12. The minimum absolute atomic E-state index is 0.0757. The van der Waals surface area contributed by atoms with E-state index in [0.29, 0.717) is 17.1 Å². The van der Waals surface area contributed by atoms with Crippen molar-refractivity contribution < 1.29 is 27.8 Å². The van der Waals surface area contributed by atoms with Gasteiger partial charge in [0.05, 0.1) is 24.4 Å². The number of morpholine rings is 1. The molecule has 0 unspecified atom stereocenters. The van der Waals surface area contributed by atoms with E-state index >= 15 is 0 Å². The van der Waals surface area contributed by atoms with Crippen molar-refractivity contribution in [2.75, 3.05) is 32.0 Å². The van der Waals surface area contributed by atoms with Crippen molar-refractivity contribution in [3.63, 3.8) is 0 Å². The number of aromatic nitrogens is 3. The lowest BCUT2D eigenvalue weighted by molar-refractivity contribution is -0.274. The molecule has 33 heavy (non-hydrogen) atoms. The van der Waals surface area contributed by atoms with E-state index in [1.165, 1.54) is 12.3 Å². The number of nitrogens with two attached hydrogens (primary N) is 1. The summed E-state index contributed by atoms with van der Waals surface area (Å²) >= 11 is 0. The second kappa shape index (κ2) is 7.57. The Morgan fingerprint density at radius 1 is 1.18 bits per heavy atom. The molecule has 0 spiro atoms. The third kappa shape index (κ3) is 3.75. The van der Waals surface area contributed by atoms with Gasteiger partial charge >= 0.3 is 6.36 Å². The SMILES string of the molecule is CC(C)[C@H](O)c1nc(-c2cnc(N)c(OC(F)(F)F)c2)cn1C12CC(N3CCOCC3)(C1)C2. The maximum Gasteiger partial charge on any atom is 0.573 e. The topological polar surface area (TPSA) is 98.7 Å². The predicted molar refractivity (Wildman–Crippen MR) is 113 cm³/mol. The lowest BCUT2D eigenvalue weighted by Crippen LogP contribution is -2.79. The average molecular weight is 467 g/mol. The first-order chi connectivity index (χ1) is 15.5. The van der Waals surface area contributed by atoms with Crippen LogP contribution in [0.25, 0.3) is 11.3 Å². The summed E-state index contributed by atoms with van der Waals surface area (Å²) < 4.78 is 49.8. The fraction of sp³-hybridized carbons (Fsp3) is 0.636. The maximum absolute atomic E-state index is 12.8. The smallest absolute Gasteiger partial charge is 0.402 e. The molecule has 2 aromatic rings. The van der Waals surface area contributed by atoms with Crippen LogP contribution in [0.2, 0.25) is 0 Å². The number of aliphatic hydroxyl groups excluding tert-OH is 1. The minimum Gasteiger partial charge on any atom is -0.402 e. The molecule has 3 N–H and O–H groups in total. The largest absolute Gasteiger partial charge is 0.573 e. The zero-order valence-electron chi connectivity index (χ0n) is 18.6. The Balaban J connectivity index is 1.46. The van der Waals surface area contributed by atoms with E-state index in [4.69, 9.17) is 10.5 Å². The fourth-order valence-corrected chi connectivity index (χ4v) is 5.53. The monoisotopic (exact) mass is 467 g/mol. The molecule has 1 saturated heterocycles. The van der Waals surface area contributed by atoms with Crippen LogP contribution >= 0.6 is 0 Å². The molecule has 4 aliphatic rings. The van der Waals surface area contributed by atoms with Crippen LogP contribution in [-0.2, 0) is 10.3 Å². The van der Waals surface area contributed by atoms with E-state index in [2.05, 4.69) is 19.6 Å². The van der Waals surface area contributed by atoms with Crippen LogP contribution in [0.1, 0.15) is 45.0 Å². The molecule has 3 heterocycles. The van der Waals surface area contributed by atoms with Crippen LogP contribution in [0.15, 0.2) is 18.5 Å². The number of imidazole rings is 1. The molecule has 2 bridgehead atoms. The van der Waals surface area contributed by atoms with Crippen LogP contribution < -0.4 is 10.5 Å². The Hall–Kier alpha value is -2.37. The van der Waals surface area contributed by atoms with Gasteiger partial charge in [-0.3, -0.25) is 4.90 Å². The number of ether oxygens (including phenoxy) is 2. The molecule has 11 heteroatoms. The van der Waals surface area contributed by atoms with E-state index in [-0.39, 0.29) is 22.8 Å². The van der Waals surface area contributed by atoms with Crippen molar-refractivity contribution in [1.29, 1.82) is 0 Å². The van der Waals surface area contributed by atoms with Crippen LogP contribution in [0.3, 0.4) is 0 Å². The highest BCUT2D eigenvalue weighted by molar-refractivity contribution is 5.64. The van der Waals surface area contributed by atoms with Crippen molar-refractivity contribution in [3.05, 3.63) is 24.3 Å². The normalized spacial score (nSPS) is 28.3.